The van der Waals surface area contributed by atoms with Crippen molar-refractivity contribution in [2.75, 3.05) is 13.2 Å². The van der Waals surface area contributed by atoms with Gasteiger partial charge in [0.2, 0.25) is 11.8 Å². The molecule has 3 aromatic rings. The molecular weight excluding hydrogens is 550 g/mol. The van der Waals surface area contributed by atoms with Crippen LogP contribution in [0.15, 0.2) is 88.8 Å². The van der Waals surface area contributed by atoms with Gasteiger partial charge >= 0.3 is 0 Å². The van der Waals surface area contributed by atoms with Gasteiger partial charge in [-0.3, -0.25) is 14.5 Å². The van der Waals surface area contributed by atoms with Crippen molar-refractivity contribution >= 4 is 29.2 Å². The molecule has 4 atom stereocenters. The topological polar surface area (TPSA) is 107 Å². The zero-order chi connectivity index (χ0) is 29.6. The number of imide groups is 1. The average molecular weight is 588 g/mol. The molecule has 0 bridgehead atoms. The second kappa shape index (κ2) is 13.5. The lowest BCUT2D eigenvalue weighted by molar-refractivity contribution is -0.140. The number of ether oxygens (including phenoxy) is 1. The van der Waals surface area contributed by atoms with Crippen LogP contribution in [0.25, 0.3) is 6.08 Å². The average Bonchev–Trinajstić information content (AvgIpc) is 3.61. The van der Waals surface area contributed by atoms with Crippen molar-refractivity contribution in [3.05, 3.63) is 99.3 Å². The third-order valence-electron chi connectivity index (χ3n) is 8.37. The number of fused-ring (bicyclic) bond motifs is 1. The lowest BCUT2D eigenvalue weighted by Crippen LogP contribution is -2.40. The molecule has 8 heteroatoms. The fourth-order valence-corrected chi connectivity index (χ4v) is 6.91. The number of hydrogen-bond donors (Lipinski definition) is 3. The number of rotatable bonds is 12. The summed E-state index contributed by atoms with van der Waals surface area (Å²) in [6.45, 7) is 2.04. The molecule has 5 rings (SSSR count). The molecule has 42 heavy (non-hydrogen) atoms. The molecule has 2 aliphatic rings. The number of hydrogen-bond acceptors (Lipinski definition) is 7. The zero-order valence-electron chi connectivity index (χ0n) is 23.7. The molecule has 0 spiro atoms. The first-order valence-corrected chi connectivity index (χ1v) is 15.3. The lowest BCUT2D eigenvalue weighted by Gasteiger charge is -2.36. The highest BCUT2D eigenvalue weighted by molar-refractivity contribution is 7.09. The number of carbonyl (C=O) groups is 2. The largest absolute Gasteiger partial charge is 0.507 e. The van der Waals surface area contributed by atoms with E-state index in [4.69, 9.17) is 4.74 Å². The third-order valence-corrected chi connectivity index (χ3v) is 9.23. The number of carbonyl (C=O) groups excluding carboxylic acids is 2. The van der Waals surface area contributed by atoms with Crippen LogP contribution in [0.3, 0.4) is 0 Å². The van der Waals surface area contributed by atoms with Gasteiger partial charge in [-0.2, -0.15) is 0 Å². The molecule has 3 N–H and O–H groups in total. The summed E-state index contributed by atoms with van der Waals surface area (Å²) in [4.78, 5) is 29.5. The van der Waals surface area contributed by atoms with Crippen LogP contribution in [0.5, 0.6) is 11.5 Å². The van der Waals surface area contributed by atoms with E-state index in [0.717, 1.165) is 28.0 Å². The molecule has 7 nitrogen and oxygen atoms in total. The van der Waals surface area contributed by atoms with Crippen molar-refractivity contribution in [1.29, 1.82) is 0 Å². The van der Waals surface area contributed by atoms with E-state index >= 15 is 0 Å². The molecule has 1 aliphatic heterocycles. The highest BCUT2D eigenvalue weighted by atomic mass is 32.1. The number of thiophene rings is 1. The molecule has 1 saturated heterocycles. The number of phenolic OH excluding ortho intramolecular Hbond substituents is 1. The van der Waals surface area contributed by atoms with Crippen molar-refractivity contribution in [1.82, 2.24) is 4.90 Å². The number of likely N-dealkylation sites (tertiary alicyclic amines) is 1. The van der Waals surface area contributed by atoms with Crippen molar-refractivity contribution in [2.45, 2.75) is 45.3 Å². The van der Waals surface area contributed by atoms with Gasteiger partial charge in [0.25, 0.3) is 0 Å². The highest BCUT2D eigenvalue weighted by Crippen LogP contribution is 2.47. The molecule has 2 amide bonds. The summed E-state index contributed by atoms with van der Waals surface area (Å²) in [5.74, 6) is -1.69. The van der Waals surface area contributed by atoms with Crippen molar-refractivity contribution in [3.63, 3.8) is 0 Å². The molecule has 0 saturated carbocycles. The first-order valence-electron chi connectivity index (χ1n) is 14.4. The van der Waals surface area contributed by atoms with Gasteiger partial charge in [-0.25, -0.2) is 0 Å². The summed E-state index contributed by atoms with van der Waals surface area (Å²) in [5.41, 5.74) is 3.14. The third kappa shape index (κ3) is 6.36. The van der Waals surface area contributed by atoms with E-state index in [1.54, 1.807) is 12.1 Å². The smallest absolute Gasteiger partial charge is 0.234 e. The van der Waals surface area contributed by atoms with E-state index in [0.29, 0.717) is 30.6 Å². The van der Waals surface area contributed by atoms with E-state index in [1.807, 2.05) is 73.0 Å². The number of allylic oxidation sites excluding steroid dienone is 1. The maximum absolute atomic E-state index is 13.7. The summed E-state index contributed by atoms with van der Waals surface area (Å²) in [5, 5.41) is 34.4. The van der Waals surface area contributed by atoms with E-state index in [2.05, 4.69) is 0 Å². The number of nitrogens with zero attached hydrogens (tertiary/aromatic N) is 1. The Balaban J connectivity index is 1.42. The van der Waals surface area contributed by atoms with Crippen molar-refractivity contribution in [2.24, 2.45) is 17.8 Å². The maximum Gasteiger partial charge on any atom is 0.234 e. The van der Waals surface area contributed by atoms with Crippen LogP contribution in [0, 0.1) is 17.8 Å². The SMILES string of the molecule is CC/C(=C\c1ccccc1O)CC[C@@H](O)C1=C(COc2ccccc2)C[C@H]2C(=O)N(Cc3cccs3)C(=O)[C@H]2[C@H]1CO. The van der Waals surface area contributed by atoms with Crippen LogP contribution >= 0.6 is 11.3 Å². The van der Waals surface area contributed by atoms with Crippen LogP contribution in [0.4, 0.5) is 0 Å². The van der Waals surface area contributed by atoms with Gasteiger partial charge in [-0.15, -0.1) is 11.3 Å². The number of benzene rings is 2. The van der Waals surface area contributed by atoms with Crippen LogP contribution in [-0.2, 0) is 16.1 Å². The van der Waals surface area contributed by atoms with Crippen LogP contribution in [0.2, 0.25) is 0 Å². The number of aliphatic hydroxyl groups excluding tert-OH is 2. The predicted molar refractivity (Wildman–Crippen MR) is 163 cm³/mol. The molecular formula is C34H37NO6S. The molecule has 1 aromatic heterocycles. The van der Waals surface area contributed by atoms with E-state index in [1.165, 1.54) is 16.2 Å². The van der Waals surface area contributed by atoms with E-state index < -0.39 is 23.9 Å². The van der Waals surface area contributed by atoms with Crippen LogP contribution in [0.1, 0.15) is 43.0 Å². The fourth-order valence-electron chi connectivity index (χ4n) is 6.22. The molecule has 2 aromatic carbocycles. The van der Waals surface area contributed by atoms with Gasteiger partial charge in [0.05, 0.1) is 31.1 Å². The summed E-state index contributed by atoms with van der Waals surface area (Å²) in [6, 6.07) is 20.2. The van der Waals surface area contributed by atoms with Gasteiger partial charge in [-0.05, 0) is 66.5 Å². The Morgan fingerprint density at radius 1 is 1.07 bits per heavy atom. The highest BCUT2D eigenvalue weighted by Gasteiger charge is 2.54. The first-order chi connectivity index (χ1) is 20.4. The quantitative estimate of drug-likeness (QED) is 0.189. The Kier molecular flexibility index (Phi) is 9.57. The summed E-state index contributed by atoms with van der Waals surface area (Å²) < 4.78 is 6.08. The zero-order valence-corrected chi connectivity index (χ0v) is 24.5. The van der Waals surface area contributed by atoms with Crippen molar-refractivity contribution in [3.8, 4) is 11.5 Å². The van der Waals surface area contributed by atoms with Gasteiger partial charge < -0.3 is 20.1 Å². The minimum Gasteiger partial charge on any atom is -0.507 e. The lowest BCUT2D eigenvalue weighted by atomic mass is 9.68. The first kappa shape index (κ1) is 29.8. The van der Waals surface area contributed by atoms with Gasteiger partial charge in [0.15, 0.2) is 0 Å². The summed E-state index contributed by atoms with van der Waals surface area (Å²) in [7, 11) is 0. The standard InChI is InChI=1S/C34H37NO6S/c1-2-22(17-23-9-6-7-13-29(23)37)14-15-30(38)31-24(21-41-25-10-4-3-5-11-25)18-27-32(28(31)20-36)34(40)35(33(27)39)19-26-12-8-16-42-26/h3-13,16-17,27-28,30,32,36-38H,2,14-15,18-21H2,1H3/b22-17+/t27-,28+,30-,32-/m1/s1. The van der Waals surface area contributed by atoms with E-state index in [-0.39, 0.29) is 37.3 Å². The number of aromatic hydroxyl groups is 1. The Bertz CT molecular complexity index is 1450. The number of amides is 2. The Morgan fingerprint density at radius 3 is 2.52 bits per heavy atom. The summed E-state index contributed by atoms with van der Waals surface area (Å²) in [6.07, 6.45) is 2.96. The second-order valence-corrected chi connectivity index (χ2v) is 11.9. The predicted octanol–water partition coefficient (Wildman–Crippen LogP) is 5.58. The van der Waals surface area contributed by atoms with Crippen LogP contribution < -0.4 is 4.74 Å². The molecule has 0 radical (unpaired) electrons. The normalized spacial score (nSPS) is 21.5. The maximum atomic E-state index is 13.7. The second-order valence-electron chi connectivity index (χ2n) is 10.9. The fraction of sp³-hybridized carbons (Fsp3) is 0.353. The Hall–Kier alpha value is -3.72. The Labute approximate surface area is 250 Å². The van der Waals surface area contributed by atoms with Gasteiger partial charge in [-0.1, -0.05) is 61.0 Å². The minimum atomic E-state index is -0.939. The molecule has 220 valence electrons. The number of aliphatic hydroxyl groups is 2. The number of para-hydroxylation sites is 2. The molecule has 0 unspecified atom stereocenters. The monoisotopic (exact) mass is 587 g/mol. The van der Waals surface area contributed by atoms with Gasteiger partial charge in [0.1, 0.15) is 18.1 Å². The number of phenols is 1. The molecule has 1 aliphatic carbocycles. The Morgan fingerprint density at radius 2 is 1.83 bits per heavy atom. The van der Waals surface area contributed by atoms with Crippen LogP contribution in [-0.4, -0.2) is 51.4 Å². The molecule has 1 fully saturated rings. The summed E-state index contributed by atoms with van der Waals surface area (Å²) >= 11 is 1.49. The minimum absolute atomic E-state index is 0.150. The van der Waals surface area contributed by atoms with E-state index in [9.17, 15) is 24.9 Å². The molecule has 2 heterocycles. The van der Waals surface area contributed by atoms with Gasteiger partial charge in [0, 0.05) is 16.4 Å². The van der Waals surface area contributed by atoms with Crippen molar-refractivity contribution < 1.29 is 29.6 Å².